The lowest BCUT2D eigenvalue weighted by Gasteiger charge is -2.14. The molecule has 114 valence electrons. The first kappa shape index (κ1) is 15.3. The Kier molecular flexibility index (Phi) is 4.57. The van der Waals surface area contributed by atoms with Gasteiger partial charge in [0.05, 0.1) is 7.11 Å². The van der Waals surface area contributed by atoms with Gasteiger partial charge in [0.15, 0.2) is 11.5 Å². The number of methoxy groups -OCH3 is 1. The second-order valence-corrected chi connectivity index (χ2v) is 4.31. The summed E-state index contributed by atoms with van der Waals surface area (Å²) in [5, 5.41) is 4.01. The molecule has 0 bridgehead atoms. The molecule has 2 N–H and O–H groups in total. The molecule has 4 amide bonds. The predicted molar refractivity (Wildman–Crippen MR) is 78.3 cm³/mol. The molecule has 1 aliphatic rings. The third kappa shape index (κ3) is 3.32. The number of rotatable bonds is 5. The Labute approximate surface area is 126 Å². The van der Waals surface area contributed by atoms with E-state index in [4.69, 9.17) is 9.47 Å². The van der Waals surface area contributed by atoms with Gasteiger partial charge in [-0.15, -0.1) is 0 Å². The lowest BCUT2D eigenvalue weighted by atomic mass is 10.1. The van der Waals surface area contributed by atoms with Crippen molar-refractivity contribution in [3.8, 4) is 11.5 Å². The van der Waals surface area contributed by atoms with Crippen LogP contribution in [0.25, 0.3) is 6.08 Å². The summed E-state index contributed by atoms with van der Waals surface area (Å²) in [7, 11) is 1.48. The second-order valence-electron chi connectivity index (χ2n) is 4.31. The Morgan fingerprint density at radius 3 is 2.41 bits per heavy atom. The lowest BCUT2D eigenvalue weighted by Crippen LogP contribution is -2.51. The summed E-state index contributed by atoms with van der Waals surface area (Å²) in [6.45, 7) is 3.88. The van der Waals surface area contributed by atoms with Crippen molar-refractivity contribution in [3.63, 3.8) is 0 Å². The molecular weight excluding hydrogens is 288 g/mol. The molecular formula is C15H14N2O5. The molecule has 1 saturated heterocycles. The van der Waals surface area contributed by atoms with Gasteiger partial charge in [0.2, 0.25) is 0 Å². The Morgan fingerprint density at radius 2 is 1.82 bits per heavy atom. The minimum absolute atomic E-state index is 0.165. The van der Waals surface area contributed by atoms with Crippen molar-refractivity contribution in [1.82, 2.24) is 10.6 Å². The summed E-state index contributed by atoms with van der Waals surface area (Å²) < 4.78 is 10.6. The number of imide groups is 2. The Balaban J connectivity index is 2.31. The van der Waals surface area contributed by atoms with Gasteiger partial charge in [0.25, 0.3) is 11.8 Å². The van der Waals surface area contributed by atoms with Gasteiger partial charge < -0.3 is 9.47 Å². The average molecular weight is 302 g/mol. The number of hydrogen-bond donors (Lipinski definition) is 2. The number of urea groups is 1. The third-order valence-electron chi connectivity index (χ3n) is 2.80. The van der Waals surface area contributed by atoms with E-state index in [0.717, 1.165) is 0 Å². The van der Waals surface area contributed by atoms with Crippen molar-refractivity contribution in [2.24, 2.45) is 0 Å². The number of barbiturate groups is 1. The summed E-state index contributed by atoms with van der Waals surface area (Å²) >= 11 is 0. The van der Waals surface area contributed by atoms with Crippen molar-refractivity contribution in [3.05, 3.63) is 42.0 Å². The van der Waals surface area contributed by atoms with Crippen LogP contribution in [0.5, 0.6) is 11.5 Å². The maximum absolute atomic E-state index is 11.7. The van der Waals surface area contributed by atoms with Crippen LogP contribution in [0.15, 0.2) is 36.4 Å². The van der Waals surface area contributed by atoms with Crippen LogP contribution in [0.2, 0.25) is 0 Å². The number of amides is 4. The van der Waals surface area contributed by atoms with Crippen LogP contribution in [0.4, 0.5) is 4.79 Å². The van der Waals surface area contributed by atoms with Crippen LogP contribution in [0.1, 0.15) is 5.56 Å². The van der Waals surface area contributed by atoms with E-state index in [1.54, 1.807) is 24.3 Å². The van der Waals surface area contributed by atoms with Gasteiger partial charge in [-0.1, -0.05) is 18.7 Å². The molecule has 0 aliphatic carbocycles. The number of carbonyl (C=O) groups is 3. The molecule has 1 aromatic carbocycles. The second kappa shape index (κ2) is 6.57. The lowest BCUT2D eigenvalue weighted by molar-refractivity contribution is -0.123. The van der Waals surface area contributed by atoms with Crippen LogP contribution in [0, 0.1) is 0 Å². The fraction of sp³-hybridized carbons (Fsp3) is 0.133. The maximum atomic E-state index is 11.7. The van der Waals surface area contributed by atoms with E-state index in [0.29, 0.717) is 23.7 Å². The maximum Gasteiger partial charge on any atom is 0.328 e. The average Bonchev–Trinajstić information content (AvgIpc) is 2.49. The zero-order chi connectivity index (χ0) is 16.1. The van der Waals surface area contributed by atoms with Crippen LogP contribution < -0.4 is 20.1 Å². The zero-order valence-electron chi connectivity index (χ0n) is 11.8. The van der Waals surface area contributed by atoms with Gasteiger partial charge >= 0.3 is 6.03 Å². The topological polar surface area (TPSA) is 93.7 Å². The van der Waals surface area contributed by atoms with Crippen molar-refractivity contribution >= 4 is 23.9 Å². The highest BCUT2D eigenvalue weighted by atomic mass is 16.5. The number of nitrogens with one attached hydrogen (secondary N) is 2. The molecule has 0 atom stereocenters. The molecule has 7 heteroatoms. The number of carbonyl (C=O) groups excluding carboxylic acids is 3. The summed E-state index contributed by atoms with van der Waals surface area (Å²) in [5.41, 5.74) is 0.388. The molecule has 1 aliphatic heterocycles. The molecule has 0 aromatic heterocycles. The number of benzene rings is 1. The minimum Gasteiger partial charge on any atom is -0.493 e. The van der Waals surface area contributed by atoms with E-state index in [1.165, 1.54) is 13.2 Å². The summed E-state index contributed by atoms with van der Waals surface area (Å²) in [4.78, 5) is 34.3. The van der Waals surface area contributed by atoms with Crippen molar-refractivity contribution in [2.45, 2.75) is 0 Å². The van der Waals surface area contributed by atoms with Crippen LogP contribution >= 0.6 is 0 Å². The fourth-order valence-electron chi connectivity index (χ4n) is 1.81. The molecule has 7 nitrogen and oxygen atoms in total. The number of hydrogen-bond acceptors (Lipinski definition) is 5. The van der Waals surface area contributed by atoms with Crippen molar-refractivity contribution < 1.29 is 23.9 Å². The highest BCUT2D eigenvalue weighted by molar-refractivity contribution is 6.31. The molecule has 22 heavy (non-hydrogen) atoms. The monoisotopic (exact) mass is 302 g/mol. The van der Waals surface area contributed by atoms with Crippen molar-refractivity contribution in [1.29, 1.82) is 0 Å². The van der Waals surface area contributed by atoms with Gasteiger partial charge in [-0.2, -0.15) is 0 Å². The Hall–Kier alpha value is -3.09. The van der Waals surface area contributed by atoms with E-state index in [9.17, 15) is 14.4 Å². The molecule has 0 radical (unpaired) electrons. The standard InChI is InChI=1S/C15H14N2O5/c1-3-6-22-11-5-4-9(8-12(11)21-2)7-10-13(18)16-15(20)17-14(10)19/h3-5,7-8H,1,6H2,2H3,(H2,16,17,18,19,20). The Morgan fingerprint density at radius 1 is 1.14 bits per heavy atom. The SMILES string of the molecule is C=CCOc1ccc(C=C2C(=O)NC(=O)NC2=O)cc1OC. The largest absolute Gasteiger partial charge is 0.493 e. The summed E-state index contributed by atoms with van der Waals surface area (Å²) in [6, 6.07) is 4.09. The van der Waals surface area contributed by atoms with E-state index in [1.807, 2.05) is 10.6 Å². The quantitative estimate of drug-likeness (QED) is 0.481. The molecule has 1 heterocycles. The van der Waals surface area contributed by atoms with E-state index < -0.39 is 17.8 Å². The van der Waals surface area contributed by atoms with Gasteiger partial charge in [0, 0.05) is 0 Å². The van der Waals surface area contributed by atoms with Crippen molar-refractivity contribution in [2.75, 3.05) is 13.7 Å². The zero-order valence-corrected chi connectivity index (χ0v) is 11.8. The van der Waals surface area contributed by atoms with E-state index in [2.05, 4.69) is 6.58 Å². The Bertz CT molecular complexity index is 657. The van der Waals surface area contributed by atoms with Gasteiger partial charge in [-0.25, -0.2) is 4.79 Å². The summed E-state index contributed by atoms with van der Waals surface area (Å²) in [6.07, 6.45) is 2.96. The first-order chi connectivity index (χ1) is 10.5. The number of ether oxygens (including phenoxy) is 2. The molecule has 0 spiro atoms. The normalized spacial score (nSPS) is 14.0. The van der Waals surface area contributed by atoms with E-state index in [-0.39, 0.29) is 5.57 Å². The molecule has 2 rings (SSSR count). The van der Waals surface area contributed by atoms with Gasteiger partial charge in [-0.05, 0) is 23.8 Å². The molecule has 1 fully saturated rings. The molecule has 1 aromatic rings. The summed E-state index contributed by atoms with van der Waals surface area (Å²) in [5.74, 6) is -0.541. The molecule has 0 saturated carbocycles. The third-order valence-corrected chi connectivity index (χ3v) is 2.80. The highest BCUT2D eigenvalue weighted by Gasteiger charge is 2.27. The van der Waals surface area contributed by atoms with Crippen LogP contribution in [-0.4, -0.2) is 31.6 Å². The van der Waals surface area contributed by atoms with Crippen LogP contribution in [0.3, 0.4) is 0 Å². The first-order valence-electron chi connectivity index (χ1n) is 6.35. The highest BCUT2D eigenvalue weighted by Crippen LogP contribution is 2.29. The smallest absolute Gasteiger partial charge is 0.328 e. The van der Waals surface area contributed by atoms with Crippen LogP contribution in [-0.2, 0) is 9.59 Å². The molecule has 0 unspecified atom stereocenters. The van der Waals surface area contributed by atoms with Gasteiger partial charge in [0.1, 0.15) is 12.2 Å². The van der Waals surface area contributed by atoms with E-state index >= 15 is 0 Å². The predicted octanol–water partition coefficient (Wildman–Crippen LogP) is 1.01. The minimum atomic E-state index is -0.835. The fourth-order valence-corrected chi connectivity index (χ4v) is 1.81. The first-order valence-corrected chi connectivity index (χ1v) is 6.35. The van der Waals surface area contributed by atoms with Gasteiger partial charge in [-0.3, -0.25) is 20.2 Å².